The Morgan fingerprint density at radius 3 is 2.31 bits per heavy atom. The largest absolute Gasteiger partial charge is 0.497 e. The van der Waals surface area contributed by atoms with Crippen LogP contribution < -0.4 is 14.9 Å². The molecule has 0 unspecified atom stereocenters. The molecular weight excluding hydrogens is 402 g/mol. The first-order valence-corrected chi connectivity index (χ1v) is 10.3. The monoisotopic (exact) mass is 427 g/mol. The fraction of sp³-hybridized carbons (Fsp3) is 0.154. The zero-order valence-electron chi connectivity index (χ0n) is 18.3. The molecule has 1 amide bonds. The summed E-state index contributed by atoms with van der Waals surface area (Å²) in [5, 5.41) is 5.33. The molecule has 1 aromatic heterocycles. The van der Waals surface area contributed by atoms with Crippen LogP contribution in [0.4, 0.5) is 0 Å². The minimum Gasteiger partial charge on any atom is -0.497 e. The number of carbonyl (C=O) groups excluding carboxylic acids is 1. The SMILES string of the molecule is COc1cc(OC)cc(C(=O)NN=Cc2c(C)n(Cc3ccccc3)c3ccccc23)c1. The molecule has 0 aliphatic carbocycles. The van der Waals surface area contributed by atoms with Crippen LogP contribution in [0, 0.1) is 6.92 Å². The Labute approximate surface area is 187 Å². The number of nitrogens with zero attached hydrogens (tertiary/aromatic N) is 2. The number of amides is 1. The summed E-state index contributed by atoms with van der Waals surface area (Å²) in [4.78, 5) is 12.6. The van der Waals surface area contributed by atoms with Gasteiger partial charge in [0.2, 0.25) is 0 Å². The minimum absolute atomic E-state index is 0.343. The molecule has 32 heavy (non-hydrogen) atoms. The van der Waals surface area contributed by atoms with Crippen LogP contribution in [0.2, 0.25) is 0 Å². The summed E-state index contributed by atoms with van der Waals surface area (Å²) in [6.45, 7) is 2.83. The van der Waals surface area contributed by atoms with Crippen molar-refractivity contribution >= 4 is 23.0 Å². The van der Waals surface area contributed by atoms with Crippen LogP contribution in [0.15, 0.2) is 77.9 Å². The van der Waals surface area contributed by atoms with Crippen molar-refractivity contribution in [3.8, 4) is 11.5 Å². The number of rotatable bonds is 7. The number of hydrogen-bond donors (Lipinski definition) is 1. The van der Waals surface area contributed by atoms with Gasteiger partial charge in [0.15, 0.2) is 0 Å². The molecule has 1 N–H and O–H groups in total. The lowest BCUT2D eigenvalue weighted by Crippen LogP contribution is -2.17. The second-order valence-corrected chi connectivity index (χ2v) is 7.39. The van der Waals surface area contributed by atoms with Crippen LogP contribution in [0.3, 0.4) is 0 Å². The van der Waals surface area contributed by atoms with Crippen LogP contribution in [0.5, 0.6) is 11.5 Å². The van der Waals surface area contributed by atoms with Gasteiger partial charge in [-0.1, -0.05) is 48.5 Å². The topological polar surface area (TPSA) is 64.8 Å². The molecular formula is C26H25N3O3. The average Bonchev–Trinajstić information content (AvgIpc) is 3.10. The van der Waals surface area contributed by atoms with E-state index in [2.05, 4.69) is 46.3 Å². The zero-order chi connectivity index (χ0) is 22.5. The number of aromatic nitrogens is 1. The summed E-state index contributed by atoms with van der Waals surface area (Å²) in [6, 6.07) is 23.5. The standard InChI is InChI=1S/C26H25N3O3/c1-18-24(16-27-28-26(30)20-13-21(31-2)15-22(14-20)32-3)23-11-7-8-12-25(23)29(18)17-19-9-5-4-6-10-19/h4-16H,17H2,1-3H3,(H,28,30). The van der Waals surface area contributed by atoms with E-state index in [1.165, 1.54) is 5.56 Å². The van der Waals surface area contributed by atoms with Gasteiger partial charge in [0.05, 0.1) is 20.4 Å². The number of carbonyl (C=O) groups is 1. The highest BCUT2D eigenvalue weighted by molar-refractivity contribution is 6.02. The van der Waals surface area contributed by atoms with Crippen molar-refractivity contribution in [1.82, 2.24) is 9.99 Å². The van der Waals surface area contributed by atoms with Gasteiger partial charge in [-0.25, -0.2) is 5.43 Å². The highest BCUT2D eigenvalue weighted by Gasteiger charge is 2.13. The summed E-state index contributed by atoms with van der Waals surface area (Å²) in [7, 11) is 3.09. The van der Waals surface area contributed by atoms with Gasteiger partial charge in [-0.15, -0.1) is 0 Å². The normalized spacial score (nSPS) is 11.1. The fourth-order valence-corrected chi connectivity index (χ4v) is 3.75. The third-order valence-electron chi connectivity index (χ3n) is 5.44. The first kappa shape index (κ1) is 21.2. The fourth-order valence-electron chi connectivity index (χ4n) is 3.75. The first-order valence-electron chi connectivity index (χ1n) is 10.3. The number of methoxy groups -OCH3 is 2. The van der Waals surface area contributed by atoms with Gasteiger partial charge >= 0.3 is 0 Å². The average molecular weight is 428 g/mol. The predicted octanol–water partition coefficient (Wildman–Crippen LogP) is 4.78. The van der Waals surface area contributed by atoms with Gasteiger partial charge in [-0.05, 0) is 30.7 Å². The number of fused-ring (bicyclic) bond motifs is 1. The second-order valence-electron chi connectivity index (χ2n) is 7.39. The minimum atomic E-state index is -0.343. The highest BCUT2D eigenvalue weighted by atomic mass is 16.5. The van der Waals surface area contributed by atoms with Crippen molar-refractivity contribution < 1.29 is 14.3 Å². The van der Waals surface area contributed by atoms with Crippen LogP contribution in [0.1, 0.15) is 27.2 Å². The van der Waals surface area contributed by atoms with Crippen LogP contribution >= 0.6 is 0 Å². The van der Waals surface area contributed by atoms with Crippen molar-refractivity contribution in [2.24, 2.45) is 5.10 Å². The van der Waals surface area contributed by atoms with Gasteiger partial charge < -0.3 is 14.0 Å². The molecule has 0 aliphatic rings. The molecule has 0 atom stereocenters. The Kier molecular flexibility index (Phi) is 6.22. The number of benzene rings is 3. The number of hydrogen-bond acceptors (Lipinski definition) is 4. The number of hydrazone groups is 1. The molecule has 6 nitrogen and oxygen atoms in total. The van der Waals surface area contributed by atoms with E-state index < -0.39 is 0 Å². The lowest BCUT2D eigenvalue weighted by molar-refractivity contribution is 0.0954. The van der Waals surface area contributed by atoms with Gasteiger partial charge in [-0.2, -0.15) is 5.10 Å². The summed E-state index contributed by atoms with van der Waals surface area (Å²) < 4.78 is 12.7. The Balaban J connectivity index is 1.61. The van der Waals surface area contributed by atoms with E-state index in [0.717, 1.165) is 28.7 Å². The van der Waals surface area contributed by atoms with Crippen LogP contribution in [0.25, 0.3) is 10.9 Å². The smallest absolute Gasteiger partial charge is 0.271 e. The van der Waals surface area contributed by atoms with Crippen LogP contribution in [-0.4, -0.2) is 30.9 Å². The summed E-state index contributed by atoms with van der Waals surface area (Å²) >= 11 is 0. The van der Waals surface area contributed by atoms with Crippen LogP contribution in [-0.2, 0) is 6.54 Å². The van der Waals surface area contributed by atoms with Crippen molar-refractivity contribution in [2.75, 3.05) is 14.2 Å². The molecule has 162 valence electrons. The van der Waals surface area contributed by atoms with Gasteiger partial charge in [0, 0.05) is 40.3 Å². The second kappa shape index (κ2) is 9.39. The molecule has 0 fully saturated rings. The molecule has 0 aliphatic heterocycles. The number of ether oxygens (including phenoxy) is 2. The van der Waals surface area contributed by atoms with Crippen molar-refractivity contribution in [3.05, 3.63) is 95.2 Å². The van der Waals surface area contributed by atoms with Crippen molar-refractivity contribution in [3.63, 3.8) is 0 Å². The maximum absolute atomic E-state index is 12.6. The van der Waals surface area contributed by atoms with E-state index in [1.54, 1.807) is 38.6 Å². The summed E-state index contributed by atoms with van der Waals surface area (Å²) in [5.41, 5.74) is 7.41. The Hall–Kier alpha value is -4.06. The van der Waals surface area contributed by atoms with E-state index in [1.807, 2.05) is 30.3 Å². The Morgan fingerprint density at radius 2 is 1.62 bits per heavy atom. The molecule has 0 saturated heterocycles. The van der Waals surface area contributed by atoms with Gasteiger partial charge in [0.1, 0.15) is 11.5 Å². The molecule has 0 radical (unpaired) electrons. The van der Waals surface area contributed by atoms with E-state index in [4.69, 9.17) is 9.47 Å². The molecule has 4 rings (SSSR count). The molecule has 4 aromatic rings. The van der Waals surface area contributed by atoms with E-state index in [-0.39, 0.29) is 5.91 Å². The third-order valence-corrected chi connectivity index (χ3v) is 5.44. The van der Waals surface area contributed by atoms with Gasteiger partial charge in [-0.3, -0.25) is 4.79 Å². The molecule has 6 heteroatoms. The molecule has 0 saturated carbocycles. The molecule has 3 aromatic carbocycles. The summed E-state index contributed by atoms with van der Waals surface area (Å²) in [5.74, 6) is 0.737. The lowest BCUT2D eigenvalue weighted by Gasteiger charge is -2.08. The van der Waals surface area contributed by atoms with Crippen molar-refractivity contribution in [2.45, 2.75) is 13.5 Å². The quantitative estimate of drug-likeness (QED) is 0.341. The van der Waals surface area contributed by atoms with E-state index >= 15 is 0 Å². The maximum atomic E-state index is 12.6. The lowest BCUT2D eigenvalue weighted by atomic mass is 10.1. The third kappa shape index (κ3) is 4.34. The summed E-state index contributed by atoms with van der Waals surface area (Å²) in [6.07, 6.45) is 1.70. The number of nitrogens with one attached hydrogen (secondary N) is 1. The number of para-hydroxylation sites is 1. The maximum Gasteiger partial charge on any atom is 0.271 e. The molecule has 0 bridgehead atoms. The Morgan fingerprint density at radius 1 is 0.969 bits per heavy atom. The predicted molar refractivity (Wildman–Crippen MR) is 127 cm³/mol. The van der Waals surface area contributed by atoms with E-state index in [0.29, 0.717) is 17.1 Å². The van der Waals surface area contributed by atoms with Gasteiger partial charge in [0.25, 0.3) is 5.91 Å². The van der Waals surface area contributed by atoms with E-state index in [9.17, 15) is 4.79 Å². The first-order chi connectivity index (χ1) is 15.6. The zero-order valence-corrected chi connectivity index (χ0v) is 18.3. The molecule has 0 spiro atoms. The van der Waals surface area contributed by atoms with Crippen molar-refractivity contribution in [1.29, 1.82) is 0 Å². The Bertz CT molecular complexity index is 1250. The molecule has 1 heterocycles. The highest BCUT2D eigenvalue weighted by Crippen LogP contribution is 2.26.